The highest BCUT2D eigenvalue weighted by molar-refractivity contribution is 5.74. The first-order valence-corrected chi connectivity index (χ1v) is 7.00. The predicted molar refractivity (Wildman–Crippen MR) is 65.8 cm³/mol. The second-order valence-electron chi connectivity index (χ2n) is 5.82. The number of hydrogen-bond acceptors (Lipinski definition) is 1. The lowest BCUT2D eigenvalue weighted by Gasteiger charge is -2.44. The van der Waals surface area contributed by atoms with Crippen LogP contribution in [0.15, 0.2) is 0 Å². The minimum Gasteiger partial charge on any atom is -0.329 e. The normalized spacial score (nSPS) is 23.4. The van der Waals surface area contributed by atoms with Crippen molar-refractivity contribution in [3.05, 3.63) is 0 Å². The zero-order valence-electron chi connectivity index (χ0n) is 11.1. The number of urea groups is 1. The van der Waals surface area contributed by atoms with Crippen LogP contribution in [-0.2, 0) is 0 Å². The molecule has 0 aromatic heterocycles. The second-order valence-corrected chi connectivity index (χ2v) is 5.82. The standard InChI is InChI=1S/C13H21F3N2O/c14-13(15,16)10-17-11(19)18-8-6-12(7-9-18)4-2-1-3-5-12/h1-10H2,(H,17,19). The summed E-state index contributed by atoms with van der Waals surface area (Å²) in [6, 6.07) is -0.581. The van der Waals surface area contributed by atoms with Gasteiger partial charge >= 0.3 is 12.2 Å². The SMILES string of the molecule is O=C(NCC(F)(F)F)N1CCC2(CCCCC2)CC1. The summed E-state index contributed by atoms with van der Waals surface area (Å²) in [4.78, 5) is 13.2. The van der Waals surface area contributed by atoms with Crippen LogP contribution in [0, 0.1) is 5.41 Å². The lowest BCUT2D eigenvalue weighted by molar-refractivity contribution is -0.123. The van der Waals surface area contributed by atoms with Gasteiger partial charge < -0.3 is 10.2 Å². The zero-order valence-corrected chi connectivity index (χ0v) is 11.1. The van der Waals surface area contributed by atoms with E-state index >= 15 is 0 Å². The van der Waals surface area contributed by atoms with Crippen molar-refractivity contribution in [3.8, 4) is 0 Å². The molecular formula is C13H21F3N2O. The molecule has 1 aliphatic heterocycles. The molecular weight excluding hydrogens is 257 g/mol. The summed E-state index contributed by atoms with van der Waals surface area (Å²) in [6.45, 7) is -0.0686. The van der Waals surface area contributed by atoms with Gasteiger partial charge in [0, 0.05) is 13.1 Å². The topological polar surface area (TPSA) is 32.3 Å². The summed E-state index contributed by atoms with van der Waals surface area (Å²) >= 11 is 0. The lowest BCUT2D eigenvalue weighted by atomic mass is 9.68. The molecule has 2 rings (SSSR count). The molecule has 110 valence electrons. The van der Waals surface area contributed by atoms with Crippen LogP contribution in [0.5, 0.6) is 0 Å². The average molecular weight is 278 g/mol. The molecule has 1 spiro atoms. The number of alkyl halides is 3. The second kappa shape index (κ2) is 5.59. The Balaban J connectivity index is 1.77. The Hall–Kier alpha value is -0.940. The van der Waals surface area contributed by atoms with E-state index in [1.165, 1.54) is 37.0 Å². The number of nitrogens with zero attached hydrogens (tertiary/aromatic N) is 1. The third kappa shape index (κ3) is 4.01. The summed E-state index contributed by atoms with van der Waals surface area (Å²) in [5.74, 6) is 0. The minimum atomic E-state index is -4.34. The number of likely N-dealkylation sites (tertiary alicyclic amines) is 1. The number of nitrogens with one attached hydrogen (secondary N) is 1. The quantitative estimate of drug-likeness (QED) is 0.784. The Labute approximate surface area is 111 Å². The van der Waals surface area contributed by atoms with Crippen molar-refractivity contribution in [1.82, 2.24) is 10.2 Å². The van der Waals surface area contributed by atoms with E-state index in [0.29, 0.717) is 18.5 Å². The molecule has 19 heavy (non-hydrogen) atoms. The fourth-order valence-corrected chi connectivity index (χ4v) is 3.27. The highest BCUT2D eigenvalue weighted by atomic mass is 19.4. The number of hydrogen-bond donors (Lipinski definition) is 1. The Morgan fingerprint density at radius 2 is 1.63 bits per heavy atom. The van der Waals surface area contributed by atoms with Crippen LogP contribution in [0.2, 0.25) is 0 Å². The van der Waals surface area contributed by atoms with Crippen LogP contribution in [0.1, 0.15) is 44.9 Å². The predicted octanol–water partition coefficient (Wildman–Crippen LogP) is 3.30. The molecule has 1 heterocycles. The van der Waals surface area contributed by atoms with Gasteiger partial charge in [0.25, 0.3) is 0 Å². The van der Waals surface area contributed by atoms with Crippen LogP contribution in [0.3, 0.4) is 0 Å². The first-order valence-electron chi connectivity index (χ1n) is 7.00. The molecule has 1 saturated carbocycles. The number of piperidine rings is 1. The highest BCUT2D eigenvalue weighted by Gasteiger charge is 2.37. The van der Waals surface area contributed by atoms with Crippen LogP contribution in [0.25, 0.3) is 0 Å². The molecule has 1 saturated heterocycles. The van der Waals surface area contributed by atoms with Crippen LogP contribution >= 0.6 is 0 Å². The Kier molecular flexibility index (Phi) is 4.26. The van der Waals surface area contributed by atoms with E-state index in [0.717, 1.165) is 12.8 Å². The molecule has 0 atom stereocenters. The van der Waals surface area contributed by atoms with Gasteiger partial charge in [0.1, 0.15) is 6.54 Å². The van der Waals surface area contributed by atoms with E-state index in [4.69, 9.17) is 0 Å². The van der Waals surface area contributed by atoms with Gasteiger partial charge in [0.2, 0.25) is 0 Å². The molecule has 0 aromatic rings. The van der Waals surface area contributed by atoms with Crippen molar-refractivity contribution in [2.45, 2.75) is 51.1 Å². The van der Waals surface area contributed by atoms with Crippen LogP contribution in [-0.4, -0.2) is 36.7 Å². The third-order valence-electron chi connectivity index (χ3n) is 4.47. The van der Waals surface area contributed by atoms with Crippen molar-refractivity contribution in [2.24, 2.45) is 5.41 Å². The largest absolute Gasteiger partial charge is 0.405 e. The van der Waals surface area contributed by atoms with E-state index in [1.54, 1.807) is 0 Å². The van der Waals surface area contributed by atoms with Crippen molar-refractivity contribution < 1.29 is 18.0 Å². The van der Waals surface area contributed by atoms with Gasteiger partial charge in [0.05, 0.1) is 0 Å². The monoisotopic (exact) mass is 278 g/mol. The number of carbonyl (C=O) groups excluding carboxylic acids is 1. The molecule has 2 amide bonds. The number of carbonyl (C=O) groups is 1. The van der Waals surface area contributed by atoms with Gasteiger partial charge in [0.15, 0.2) is 0 Å². The van der Waals surface area contributed by atoms with Crippen molar-refractivity contribution >= 4 is 6.03 Å². The average Bonchev–Trinajstić information content (AvgIpc) is 2.37. The molecule has 3 nitrogen and oxygen atoms in total. The van der Waals surface area contributed by atoms with Gasteiger partial charge in [-0.05, 0) is 31.1 Å². The minimum absolute atomic E-state index is 0.360. The van der Waals surface area contributed by atoms with E-state index in [2.05, 4.69) is 0 Å². The third-order valence-corrected chi connectivity index (χ3v) is 4.47. The van der Waals surface area contributed by atoms with Gasteiger partial charge in [-0.1, -0.05) is 19.3 Å². The first kappa shape index (κ1) is 14.5. The smallest absolute Gasteiger partial charge is 0.329 e. The summed E-state index contributed by atoms with van der Waals surface area (Å²) < 4.78 is 36.1. The molecule has 0 aromatic carbocycles. The Morgan fingerprint density at radius 1 is 1.05 bits per heavy atom. The Morgan fingerprint density at radius 3 is 2.16 bits per heavy atom. The van der Waals surface area contributed by atoms with Crippen molar-refractivity contribution in [1.29, 1.82) is 0 Å². The maximum atomic E-state index is 12.0. The first-order chi connectivity index (χ1) is 8.90. The molecule has 2 aliphatic rings. The van der Waals surface area contributed by atoms with Crippen molar-refractivity contribution in [2.75, 3.05) is 19.6 Å². The van der Waals surface area contributed by atoms with Gasteiger partial charge in [-0.25, -0.2) is 4.79 Å². The van der Waals surface area contributed by atoms with E-state index in [1.807, 2.05) is 5.32 Å². The summed E-state index contributed by atoms with van der Waals surface area (Å²) in [6.07, 6.45) is 3.75. The van der Waals surface area contributed by atoms with Crippen LogP contribution < -0.4 is 5.32 Å². The number of rotatable bonds is 1. The molecule has 2 fully saturated rings. The van der Waals surface area contributed by atoms with E-state index in [-0.39, 0.29) is 0 Å². The maximum Gasteiger partial charge on any atom is 0.405 e. The maximum absolute atomic E-state index is 12.0. The molecule has 1 N–H and O–H groups in total. The zero-order chi connectivity index (χ0) is 13.9. The molecule has 1 aliphatic carbocycles. The highest BCUT2D eigenvalue weighted by Crippen LogP contribution is 2.44. The summed E-state index contributed by atoms with van der Waals surface area (Å²) in [5, 5.41) is 1.95. The molecule has 0 bridgehead atoms. The molecule has 0 unspecified atom stereocenters. The van der Waals surface area contributed by atoms with Gasteiger partial charge in [-0.3, -0.25) is 0 Å². The van der Waals surface area contributed by atoms with Gasteiger partial charge in [-0.15, -0.1) is 0 Å². The van der Waals surface area contributed by atoms with E-state index < -0.39 is 18.8 Å². The molecule has 0 radical (unpaired) electrons. The summed E-state index contributed by atoms with van der Waals surface area (Å²) in [7, 11) is 0. The fraction of sp³-hybridized carbons (Fsp3) is 0.923. The number of halogens is 3. The fourth-order valence-electron chi connectivity index (χ4n) is 3.27. The lowest BCUT2D eigenvalue weighted by Crippen LogP contribution is -2.49. The molecule has 6 heteroatoms. The van der Waals surface area contributed by atoms with Crippen molar-refractivity contribution in [3.63, 3.8) is 0 Å². The number of amides is 2. The van der Waals surface area contributed by atoms with Gasteiger partial charge in [-0.2, -0.15) is 13.2 Å². The van der Waals surface area contributed by atoms with E-state index in [9.17, 15) is 18.0 Å². The summed E-state index contributed by atoms with van der Waals surface area (Å²) in [5.41, 5.74) is 0.360. The Bertz CT molecular complexity index is 314. The van der Waals surface area contributed by atoms with Crippen LogP contribution in [0.4, 0.5) is 18.0 Å².